The molecule has 0 unspecified atom stereocenters. The van der Waals surface area contributed by atoms with Gasteiger partial charge in [0.15, 0.2) is 0 Å². The van der Waals surface area contributed by atoms with Crippen molar-refractivity contribution in [1.29, 1.82) is 0 Å². The lowest BCUT2D eigenvalue weighted by molar-refractivity contribution is -0.117. The third-order valence-corrected chi connectivity index (χ3v) is 4.81. The molecule has 27 heavy (non-hydrogen) atoms. The molecule has 1 N–H and O–H groups in total. The van der Waals surface area contributed by atoms with Crippen molar-refractivity contribution in [3.8, 4) is 5.75 Å². The van der Waals surface area contributed by atoms with E-state index >= 15 is 0 Å². The molecule has 0 bridgehead atoms. The number of rotatable bonds is 4. The number of hydrogen-bond acceptors (Lipinski definition) is 3. The predicted octanol–water partition coefficient (Wildman–Crippen LogP) is 4.37. The Morgan fingerprint density at radius 3 is 2.37 bits per heavy atom. The van der Waals surface area contributed by atoms with E-state index in [1.807, 2.05) is 24.3 Å². The molecule has 1 aliphatic rings. The average molecular weight is 366 g/mol. The molecule has 0 spiro atoms. The molecule has 0 aromatic heterocycles. The number of nitrogens with zero attached hydrogens (tertiary/aromatic N) is 1. The Bertz CT molecular complexity index is 851. The van der Waals surface area contributed by atoms with E-state index in [1.165, 1.54) is 5.56 Å². The first kappa shape index (κ1) is 19.0. The van der Waals surface area contributed by atoms with Crippen molar-refractivity contribution < 1.29 is 14.3 Å². The normalized spacial score (nSPS) is 14.4. The summed E-state index contributed by atoms with van der Waals surface area (Å²) in [5, 5.41) is 2.91. The molecule has 3 rings (SSSR count). The Balaban J connectivity index is 1.81. The predicted molar refractivity (Wildman–Crippen MR) is 108 cm³/mol. The maximum absolute atomic E-state index is 12.6. The Hall–Kier alpha value is -2.82. The van der Waals surface area contributed by atoms with Crippen LogP contribution in [0.1, 0.15) is 49.5 Å². The first-order valence-electron chi connectivity index (χ1n) is 9.20. The molecule has 2 amide bonds. The highest BCUT2D eigenvalue weighted by molar-refractivity contribution is 6.05. The van der Waals surface area contributed by atoms with E-state index in [0.717, 1.165) is 6.42 Å². The zero-order valence-corrected chi connectivity index (χ0v) is 16.3. The highest BCUT2D eigenvalue weighted by atomic mass is 16.5. The molecule has 5 heteroatoms. The first-order chi connectivity index (χ1) is 12.8. The monoisotopic (exact) mass is 366 g/mol. The molecule has 2 aromatic rings. The fourth-order valence-corrected chi connectivity index (χ4v) is 3.21. The van der Waals surface area contributed by atoms with Gasteiger partial charge in [0.1, 0.15) is 5.75 Å². The zero-order chi connectivity index (χ0) is 19.6. The number of ether oxygens (including phenoxy) is 1. The first-order valence-corrected chi connectivity index (χ1v) is 9.20. The maximum Gasteiger partial charge on any atom is 0.255 e. The summed E-state index contributed by atoms with van der Waals surface area (Å²) in [6, 6.07) is 13.0. The van der Waals surface area contributed by atoms with Crippen molar-refractivity contribution in [2.45, 2.75) is 39.0 Å². The van der Waals surface area contributed by atoms with Gasteiger partial charge in [0, 0.05) is 24.2 Å². The third-order valence-electron chi connectivity index (χ3n) is 4.81. The van der Waals surface area contributed by atoms with Crippen LogP contribution in [0.2, 0.25) is 0 Å². The minimum Gasteiger partial charge on any atom is -0.495 e. The SMILES string of the molecule is COc1ccc(NC(=O)c2ccc(C(C)(C)C)cc2)cc1N1CCCC1=O. The van der Waals surface area contributed by atoms with Crippen molar-refractivity contribution in [3.63, 3.8) is 0 Å². The van der Waals surface area contributed by atoms with E-state index in [9.17, 15) is 9.59 Å². The molecule has 2 aromatic carbocycles. The van der Waals surface area contributed by atoms with Crippen LogP contribution < -0.4 is 15.0 Å². The molecule has 5 nitrogen and oxygen atoms in total. The van der Waals surface area contributed by atoms with Gasteiger partial charge in [0.25, 0.3) is 5.91 Å². The van der Waals surface area contributed by atoms with E-state index in [-0.39, 0.29) is 17.2 Å². The van der Waals surface area contributed by atoms with Crippen LogP contribution in [0, 0.1) is 0 Å². The van der Waals surface area contributed by atoms with E-state index in [1.54, 1.807) is 30.2 Å². The molecule has 1 heterocycles. The van der Waals surface area contributed by atoms with Crippen LogP contribution in [0.3, 0.4) is 0 Å². The van der Waals surface area contributed by atoms with Crippen molar-refractivity contribution in [2.75, 3.05) is 23.9 Å². The summed E-state index contributed by atoms with van der Waals surface area (Å²) in [5.74, 6) is 0.520. The number of anilines is 2. The lowest BCUT2D eigenvalue weighted by Gasteiger charge is -2.20. The minimum atomic E-state index is -0.181. The van der Waals surface area contributed by atoms with Crippen molar-refractivity contribution >= 4 is 23.2 Å². The summed E-state index contributed by atoms with van der Waals surface area (Å²) in [4.78, 5) is 26.4. The summed E-state index contributed by atoms with van der Waals surface area (Å²) >= 11 is 0. The molecule has 0 aliphatic carbocycles. The van der Waals surface area contributed by atoms with Gasteiger partial charge < -0.3 is 15.0 Å². The Morgan fingerprint density at radius 1 is 1.11 bits per heavy atom. The topological polar surface area (TPSA) is 58.6 Å². The van der Waals surface area contributed by atoms with Crippen LogP contribution in [0.25, 0.3) is 0 Å². The zero-order valence-electron chi connectivity index (χ0n) is 16.3. The molecular formula is C22H26N2O3. The lowest BCUT2D eigenvalue weighted by atomic mass is 9.87. The number of benzene rings is 2. The van der Waals surface area contributed by atoms with Gasteiger partial charge in [-0.3, -0.25) is 9.59 Å². The number of carbonyl (C=O) groups excluding carboxylic acids is 2. The molecule has 1 fully saturated rings. The molecular weight excluding hydrogens is 340 g/mol. The smallest absolute Gasteiger partial charge is 0.255 e. The number of methoxy groups -OCH3 is 1. The van der Waals surface area contributed by atoms with Crippen molar-refractivity contribution in [2.24, 2.45) is 0 Å². The third kappa shape index (κ3) is 4.13. The van der Waals surface area contributed by atoms with Crippen LogP contribution in [-0.4, -0.2) is 25.5 Å². The summed E-state index contributed by atoms with van der Waals surface area (Å²) in [7, 11) is 1.58. The second-order valence-corrected chi connectivity index (χ2v) is 7.82. The Kier molecular flexibility index (Phi) is 5.22. The van der Waals surface area contributed by atoms with Crippen LogP contribution in [-0.2, 0) is 10.2 Å². The molecule has 1 saturated heterocycles. The van der Waals surface area contributed by atoms with Gasteiger partial charge in [-0.1, -0.05) is 32.9 Å². The summed E-state index contributed by atoms with van der Waals surface area (Å²) in [6.07, 6.45) is 1.37. The summed E-state index contributed by atoms with van der Waals surface area (Å²) in [5.41, 5.74) is 3.15. The van der Waals surface area contributed by atoms with Crippen LogP contribution in [0.5, 0.6) is 5.75 Å². The largest absolute Gasteiger partial charge is 0.495 e. The van der Waals surface area contributed by atoms with E-state index in [0.29, 0.717) is 35.7 Å². The number of nitrogens with one attached hydrogen (secondary N) is 1. The van der Waals surface area contributed by atoms with Crippen molar-refractivity contribution in [3.05, 3.63) is 53.6 Å². The van der Waals surface area contributed by atoms with Gasteiger partial charge in [0.05, 0.1) is 12.8 Å². The van der Waals surface area contributed by atoms with Gasteiger partial charge in [-0.15, -0.1) is 0 Å². The number of carbonyl (C=O) groups is 2. The fourth-order valence-electron chi connectivity index (χ4n) is 3.21. The second-order valence-electron chi connectivity index (χ2n) is 7.82. The van der Waals surface area contributed by atoms with Crippen molar-refractivity contribution in [1.82, 2.24) is 0 Å². The van der Waals surface area contributed by atoms with E-state index in [2.05, 4.69) is 26.1 Å². The van der Waals surface area contributed by atoms with Gasteiger partial charge in [-0.2, -0.15) is 0 Å². The van der Waals surface area contributed by atoms with E-state index in [4.69, 9.17) is 4.74 Å². The second kappa shape index (κ2) is 7.43. The van der Waals surface area contributed by atoms with Gasteiger partial charge in [-0.25, -0.2) is 0 Å². The van der Waals surface area contributed by atoms with Gasteiger partial charge >= 0.3 is 0 Å². The van der Waals surface area contributed by atoms with Crippen LogP contribution >= 0.6 is 0 Å². The van der Waals surface area contributed by atoms with Gasteiger partial charge in [0.2, 0.25) is 5.91 Å². The molecule has 0 saturated carbocycles. The highest BCUT2D eigenvalue weighted by Crippen LogP contribution is 2.34. The van der Waals surface area contributed by atoms with E-state index < -0.39 is 0 Å². The summed E-state index contributed by atoms with van der Waals surface area (Å²) < 4.78 is 5.39. The highest BCUT2D eigenvalue weighted by Gasteiger charge is 2.25. The standard InChI is InChI=1S/C22H26N2O3/c1-22(2,3)16-9-7-15(8-10-16)21(26)23-17-11-12-19(27-4)18(14-17)24-13-5-6-20(24)25/h7-12,14H,5-6,13H2,1-4H3,(H,23,26). The Labute approximate surface area is 160 Å². The molecule has 1 aliphatic heterocycles. The van der Waals surface area contributed by atoms with Gasteiger partial charge in [-0.05, 0) is 47.7 Å². The fraction of sp³-hybridized carbons (Fsp3) is 0.364. The average Bonchev–Trinajstić information content (AvgIpc) is 3.07. The molecule has 142 valence electrons. The molecule has 0 atom stereocenters. The quantitative estimate of drug-likeness (QED) is 0.874. The number of amides is 2. The Morgan fingerprint density at radius 2 is 1.81 bits per heavy atom. The maximum atomic E-state index is 12.6. The molecule has 0 radical (unpaired) electrons. The van der Waals surface area contributed by atoms with Crippen LogP contribution in [0.4, 0.5) is 11.4 Å². The van der Waals surface area contributed by atoms with Crippen LogP contribution in [0.15, 0.2) is 42.5 Å². The number of hydrogen-bond donors (Lipinski definition) is 1. The minimum absolute atomic E-state index is 0.0438. The summed E-state index contributed by atoms with van der Waals surface area (Å²) in [6.45, 7) is 7.09. The lowest BCUT2D eigenvalue weighted by Crippen LogP contribution is -2.24.